The van der Waals surface area contributed by atoms with Crippen molar-refractivity contribution in [2.75, 3.05) is 5.32 Å². The van der Waals surface area contributed by atoms with E-state index in [1.807, 2.05) is 0 Å². The molecule has 3 rings (SSSR count). The molecule has 1 aliphatic carbocycles. The highest BCUT2D eigenvalue weighted by atomic mass is 15.0. The zero-order chi connectivity index (χ0) is 10.1. The number of fused-ring (bicyclic) bond motifs is 3. The molecule has 15 heavy (non-hydrogen) atoms. The Bertz CT molecular complexity index is 345. The summed E-state index contributed by atoms with van der Waals surface area (Å²) in [6.45, 7) is 0. The van der Waals surface area contributed by atoms with E-state index in [0.29, 0.717) is 0 Å². The Morgan fingerprint density at radius 3 is 2.67 bits per heavy atom. The van der Waals surface area contributed by atoms with Gasteiger partial charge < -0.3 is 5.32 Å². The molecule has 1 fully saturated rings. The van der Waals surface area contributed by atoms with E-state index in [4.69, 9.17) is 0 Å². The van der Waals surface area contributed by atoms with Gasteiger partial charge in [-0.05, 0) is 24.5 Å². The Kier molecular flexibility index (Phi) is 2.40. The van der Waals surface area contributed by atoms with Gasteiger partial charge in [0.2, 0.25) is 0 Å². The molecule has 0 amide bonds. The number of hydrogen-bond acceptors (Lipinski definition) is 1. The molecular formula is C14H19N. The van der Waals surface area contributed by atoms with E-state index in [9.17, 15) is 0 Å². The highest BCUT2D eigenvalue weighted by molar-refractivity contribution is 5.59. The molecule has 2 atom stereocenters. The van der Waals surface area contributed by atoms with Crippen molar-refractivity contribution in [1.29, 1.82) is 0 Å². The predicted molar refractivity (Wildman–Crippen MR) is 64.3 cm³/mol. The molecule has 1 heterocycles. The lowest BCUT2D eigenvalue weighted by atomic mass is 9.85. The summed E-state index contributed by atoms with van der Waals surface area (Å²) in [4.78, 5) is 0. The Labute approximate surface area is 91.9 Å². The number of benzene rings is 1. The quantitative estimate of drug-likeness (QED) is 0.671. The van der Waals surface area contributed by atoms with Crippen molar-refractivity contribution in [2.24, 2.45) is 0 Å². The van der Waals surface area contributed by atoms with Crippen LogP contribution < -0.4 is 5.32 Å². The first-order chi connectivity index (χ1) is 7.45. The van der Waals surface area contributed by atoms with Crippen LogP contribution in [0, 0.1) is 0 Å². The fraction of sp³-hybridized carbons (Fsp3) is 0.571. The third-order valence-corrected chi connectivity index (χ3v) is 3.97. The molecule has 1 saturated carbocycles. The van der Waals surface area contributed by atoms with Crippen LogP contribution in [0.4, 0.5) is 5.69 Å². The van der Waals surface area contributed by atoms with Crippen LogP contribution >= 0.6 is 0 Å². The standard InChI is InChI=1S/C14H19N/c1-2-4-9-13-11(7-3-1)12-8-5-6-10-14(12)15-13/h5-6,8,10-11,13,15H,1-4,7,9H2. The lowest BCUT2D eigenvalue weighted by molar-refractivity contribution is 0.437. The van der Waals surface area contributed by atoms with Crippen LogP contribution in [0.25, 0.3) is 0 Å². The van der Waals surface area contributed by atoms with Gasteiger partial charge in [-0.2, -0.15) is 0 Å². The summed E-state index contributed by atoms with van der Waals surface area (Å²) >= 11 is 0. The minimum Gasteiger partial charge on any atom is -0.381 e. The lowest BCUT2D eigenvalue weighted by Crippen LogP contribution is -2.21. The van der Waals surface area contributed by atoms with Gasteiger partial charge in [-0.1, -0.05) is 43.9 Å². The van der Waals surface area contributed by atoms with E-state index in [2.05, 4.69) is 29.6 Å². The maximum Gasteiger partial charge on any atom is 0.0378 e. The largest absolute Gasteiger partial charge is 0.381 e. The van der Waals surface area contributed by atoms with Gasteiger partial charge in [0.1, 0.15) is 0 Å². The van der Waals surface area contributed by atoms with E-state index < -0.39 is 0 Å². The van der Waals surface area contributed by atoms with E-state index >= 15 is 0 Å². The van der Waals surface area contributed by atoms with Crippen molar-refractivity contribution in [2.45, 2.75) is 50.5 Å². The molecule has 1 heteroatoms. The highest BCUT2D eigenvalue weighted by Crippen LogP contribution is 2.41. The van der Waals surface area contributed by atoms with Crippen LogP contribution in [0.15, 0.2) is 24.3 Å². The number of rotatable bonds is 0. The molecule has 1 aromatic carbocycles. The zero-order valence-electron chi connectivity index (χ0n) is 9.21. The molecular weight excluding hydrogens is 182 g/mol. The molecule has 1 N–H and O–H groups in total. The first-order valence-electron chi connectivity index (χ1n) is 6.30. The predicted octanol–water partition coefficient (Wildman–Crippen LogP) is 3.92. The molecule has 0 spiro atoms. The molecule has 0 radical (unpaired) electrons. The average molecular weight is 201 g/mol. The Balaban J connectivity index is 1.89. The number of anilines is 1. The van der Waals surface area contributed by atoms with Crippen molar-refractivity contribution < 1.29 is 0 Å². The maximum atomic E-state index is 3.70. The fourth-order valence-corrected chi connectivity index (χ4v) is 3.18. The van der Waals surface area contributed by atoms with Crippen LogP contribution in [0.5, 0.6) is 0 Å². The molecule has 1 nitrogen and oxygen atoms in total. The second kappa shape index (κ2) is 3.88. The summed E-state index contributed by atoms with van der Waals surface area (Å²) in [6, 6.07) is 9.60. The molecule has 1 aromatic rings. The first kappa shape index (κ1) is 9.26. The minimum atomic E-state index is 0.725. The normalized spacial score (nSPS) is 29.6. The summed E-state index contributed by atoms with van der Waals surface area (Å²) in [7, 11) is 0. The van der Waals surface area contributed by atoms with E-state index in [1.54, 1.807) is 5.56 Å². The summed E-state index contributed by atoms with van der Waals surface area (Å²) in [5, 5.41) is 3.70. The molecule has 80 valence electrons. The molecule has 0 aromatic heterocycles. The van der Waals surface area contributed by atoms with Gasteiger partial charge in [0.25, 0.3) is 0 Å². The van der Waals surface area contributed by atoms with E-state index in [0.717, 1.165) is 12.0 Å². The molecule has 2 aliphatic rings. The highest BCUT2D eigenvalue weighted by Gasteiger charge is 2.31. The van der Waals surface area contributed by atoms with Gasteiger partial charge in [-0.25, -0.2) is 0 Å². The molecule has 1 aliphatic heterocycles. The summed E-state index contributed by atoms with van der Waals surface area (Å²) in [5.41, 5.74) is 2.97. The molecule has 2 unspecified atom stereocenters. The minimum absolute atomic E-state index is 0.725. The second-order valence-corrected chi connectivity index (χ2v) is 4.94. The van der Waals surface area contributed by atoms with E-state index in [1.165, 1.54) is 44.2 Å². The smallest absolute Gasteiger partial charge is 0.0378 e. The Morgan fingerprint density at radius 2 is 1.73 bits per heavy atom. The van der Waals surface area contributed by atoms with Crippen LogP contribution in [-0.4, -0.2) is 6.04 Å². The third-order valence-electron chi connectivity index (χ3n) is 3.97. The fourth-order valence-electron chi connectivity index (χ4n) is 3.18. The van der Waals surface area contributed by atoms with Crippen molar-refractivity contribution in [3.63, 3.8) is 0 Å². The topological polar surface area (TPSA) is 12.0 Å². The number of hydrogen-bond donors (Lipinski definition) is 1. The maximum absolute atomic E-state index is 3.70. The van der Waals surface area contributed by atoms with Crippen molar-refractivity contribution in [3.8, 4) is 0 Å². The van der Waals surface area contributed by atoms with Gasteiger partial charge in [-0.3, -0.25) is 0 Å². The molecule has 0 bridgehead atoms. The Hall–Kier alpha value is -0.980. The van der Waals surface area contributed by atoms with Crippen LogP contribution in [0.3, 0.4) is 0 Å². The SMILES string of the molecule is c1ccc2c(c1)NC1CCCCCCC21. The number of nitrogens with one attached hydrogen (secondary N) is 1. The first-order valence-corrected chi connectivity index (χ1v) is 6.30. The van der Waals surface area contributed by atoms with Gasteiger partial charge in [0.15, 0.2) is 0 Å². The summed E-state index contributed by atoms with van der Waals surface area (Å²) in [5.74, 6) is 0.793. The van der Waals surface area contributed by atoms with Crippen LogP contribution in [0.1, 0.15) is 50.0 Å². The molecule has 0 saturated heterocycles. The van der Waals surface area contributed by atoms with Gasteiger partial charge in [0.05, 0.1) is 0 Å². The van der Waals surface area contributed by atoms with Gasteiger partial charge in [-0.15, -0.1) is 0 Å². The lowest BCUT2D eigenvalue weighted by Gasteiger charge is -2.23. The Morgan fingerprint density at radius 1 is 0.933 bits per heavy atom. The number of para-hydroxylation sites is 1. The van der Waals surface area contributed by atoms with Crippen molar-refractivity contribution in [3.05, 3.63) is 29.8 Å². The average Bonchev–Trinajstić information content (AvgIpc) is 2.55. The van der Waals surface area contributed by atoms with E-state index in [-0.39, 0.29) is 0 Å². The third kappa shape index (κ3) is 1.64. The summed E-state index contributed by atoms with van der Waals surface area (Å²) < 4.78 is 0. The van der Waals surface area contributed by atoms with Gasteiger partial charge >= 0.3 is 0 Å². The second-order valence-electron chi connectivity index (χ2n) is 4.94. The van der Waals surface area contributed by atoms with Crippen molar-refractivity contribution in [1.82, 2.24) is 0 Å². The van der Waals surface area contributed by atoms with Gasteiger partial charge in [0, 0.05) is 17.6 Å². The van der Waals surface area contributed by atoms with Crippen LogP contribution in [0.2, 0.25) is 0 Å². The summed E-state index contributed by atoms with van der Waals surface area (Å²) in [6.07, 6.45) is 8.43. The monoisotopic (exact) mass is 201 g/mol. The zero-order valence-corrected chi connectivity index (χ0v) is 9.21. The van der Waals surface area contributed by atoms with Crippen LogP contribution in [-0.2, 0) is 0 Å². The van der Waals surface area contributed by atoms with Crippen molar-refractivity contribution >= 4 is 5.69 Å².